The number of hydrogen-bond donors (Lipinski definition) is 1. The van der Waals surface area contributed by atoms with E-state index in [-0.39, 0.29) is 22.1 Å². The smallest absolute Gasteiger partial charge is 0.387 e. The molecule has 28 heavy (non-hydrogen) atoms. The van der Waals surface area contributed by atoms with E-state index in [2.05, 4.69) is 20.1 Å². The van der Waals surface area contributed by atoms with Gasteiger partial charge in [0.05, 0.1) is 5.69 Å². The highest BCUT2D eigenvalue weighted by Crippen LogP contribution is 2.33. The molecule has 10 heteroatoms. The third-order valence-electron chi connectivity index (χ3n) is 3.64. The first-order chi connectivity index (χ1) is 13.5. The Kier molecular flexibility index (Phi) is 6.09. The fourth-order valence-electron chi connectivity index (χ4n) is 2.44. The molecule has 0 atom stereocenters. The molecular formula is C18H16F2N4O3S. The van der Waals surface area contributed by atoms with Crippen molar-refractivity contribution in [1.29, 1.82) is 0 Å². The third-order valence-corrected chi connectivity index (χ3v) is 4.40. The van der Waals surface area contributed by atoms with Gasteiger partial charge < -0.3 is 4.74 Å². The normalized spacial score (nSPS) is 10.9. The fraction of sp³-hybridized carbons (Fsp3) is 0.222. The van der Waals surface area contributed by atoms with Crippen molar-refractivity contribution in [3.63, 3.8) is 0 Å². The average Bonchev–Trinajstić information content (AvgIpc) is 3.12. The number of carbonyl (C=O) groups is 1. The molecule has 0 aliphatic carbocycles. The van der Waals surface area contributed by atoms with Gasteiger partial charge in [0, 0.05) is 23.6 Å². The number of halogens is 2. The molecule has 1 N–H and O–H groups in total. The van der Waals surface area contributed by atoms with Crippen molar-refractivity contribution in [3.8, 4) is 17.0 Å². The summed E-state index contributed by atoms with van der Waals surface area (Å²) in [4.78, 5) is 28.4. The number of alkyl halides is 2. The Morgan fingerprint density at radius 1 is 1.29 bits per heavy atom. The monoisotopic (exact) mass is 406 g/mol. The van der Waals surface area contributed by atoms with Crippen molar-refractivity contribution in [2.45, 2.75) is 26.5 Å². The molecule has 3 aromatic rings. The van der Waals surface area contributed by atoms with Crippen LogP contribution in [0.4, 0.5) is 13.9 Å². The maximum atomic E-state index is 12.6. The van der Waals surface area contributed by atoms with Gasteiger partial charge in [-0.25, -0.2) is 9.67 Å². The van der Waals surface area contributed by atoms with E-state index in [4.69, 9.17) is 0 Å². The Morgan fingerprint density at radius 2 is 2.07 bits per heavy atom. The molecule has 2 heterocycles. The minimum absolute atomic E-state index is 0.00557. The molecule has 3 rings (SSSR count). The van der Waals surface area contributed by atoms with Gasteiger partial charge in [-0.2, -0.15) is 13.9 Å². The number of aromatic nitrogens is 3. The molecule has 146 valence electrons. The maximum absolute atomic E-state index is 12.6. The number of nitrogens with one attached hydrogen (secondary N) is 1. The minimum Gasteiger partial charge on any atom is -0.434 e. The summed E-state index contributed by atoms with van der Waals surface area (Å²) in [5.74, 6) is -0.531. The summed E-state index contributed by atoms with van der Waals surface area (Å²) in [6.45, 7) is -0.653. The number of para-hydroxylation sites is 1. The quantitative estimate of drug-likeness (QED) is 0.648. The third kappa shape index (κ3) is 4.58. The number of nitrogens with zero attached hydrogens (tertiary/aromatic N) is 3. The van der Waals surface area contributed by atoms with Crippen molar-refractivity contribution < 1.29 is 18.3 Å². The number of ether oxygens (including phenoxy) is 1. The molecule has 0 spiro atoms. The lowest BCUT2D eigenvalue weighted by atomic mass is 10.1. The minimum atomic E-state index is -2.95. The van der Waals surface area contributed by atoms with E-state index in [1.54, 1.807) is 23.6 Å². The first-order valence-corrected chi connectivity index (χ1v) is 9.25. The Balaban J connectivity index is 1.79. The lowest BCUT2D eigenvalue weighted by molar-refractivity contribution is -0.0494. The van der Waals surface area contributed by atoms with Crippen LogP contribution in [0.1, 0.15) is 23.8 Å². The Morgan fingerprint density at radius 3 is 2.82 bits per heavy atom. The second kappa shape index (κ2) is 8.70. The van der Waals surface area contributed by atoms with Crippen LogP contribution in [0.3, 0.4) is 0 Å². The highest BCUT2D eigenvalue weighted by molar-refractivity contribution is 7.14. The number of aryl methyl sites for hydroxylation is 1. The van der Waals surface area contributed by atoms with Gasteiger partial charge in [-0.1, -0.05) is 19.1 Å². The molecule has 0 unspecified atom stereocenters. The van der Waals surface area contributed by atoms with Crippen molar-refractivity contribution in [3.05, 3.63) is 57.8 Å². The molecule has 0 saturated carbocycles. The molecule has 0 fully saturated rings. The first kappa shape index (κ1) is 19.6. The van der Waals surface area contributed by atoms with E-state index in [9.17, 15) is 18.4 Å². The topological polar surface area (TPSA) is 86.1 Å². The summed E-state index contributed by atoms with van der Waals surface area (Å²) >= 11 is 1.13. The van der Waals surface area contributed by atoms with Gasteiger partial charge in [-0.15, -0.1) is 11.3 Å². The lowest BCUT2D eigenvalue weighted by Crippen LogP contribution is -2.26. The molecule has 1 amide bonds. The van der Waals surface area contributed by atoms with E-state index in [1.807, 2.05) is 6.92 Å². The molecule has 2 aromatic heterocycles. The van der Waals surface area contributed by atoms with Gasteiger partial charge in [0.25, 0.3) is 11.5 Å². The zero-order chi connectivity index (χ0) is 20.1. The Hall–Kier alpha value is -3.14. The lowest BCUT2D eigenvalue weighted by Gasteiger charge is -2.08. The summed E-state index contributed by atoms with van der Waals surface area (Å²) in [5.41, 5.74) is 0.562. The molecule has 0 saturated heterocycles. The van der Waals surface area contributed by atoms with Gasteiger partial charge in [-0.05, 0) is 24.6 Å². The molecule has 7 nitrogen and oxygen atoms in total. The van der Waals surface area contributed by atoms with E-state index in [0.29, 0.717) is 24.2 Å². The van der Waals surface area contributed by atoms with Crippen LogP contribution < -0.4 is 15.6 Å². The van der Waals surface area contributed by atoms with Crippen LogP contribution >= 0.6 is 11.3 Å². The zero-order valence-electron chi connectivity index (χ0n) is 14.8. The number of rotatable bonds is 7. The Labute approximate surface area is 162 Å². The van der Waals surface area contributed by atoms with Crippen LogP contribution in [0.5, 0.6) is 5.75 Å². The number of carbonyl (C=O) groups excluding carboxylic acids is 1. The molecule has 0 aliphatic heterocycles. The van der Waals surface area contributed by atoms with E-state index in [0.717, 1.165) is 11.3 Å². The van der Waals surface area contributed by atoms with Crippen molar-refractivity contribution in [2.75, 3.05) is 5.32 Å². The van der Waals surface area contributed by atoms with Crippen LogP contribution in [0.25, 0.3) is 11.3 Å². The molecule has 1 aromatic carbocycles. The van der Waals surface area contributed by atoms with Crippen molar-refractivity contribution in [2.24, 2.45) is 0 Å². The van der Waals surface area contributed by atoms with Gasteiger partial charge in [-0.3, -0.25) is 14.9 Å². The number of amides is 1. The van der Waals surface area contributed by atoms with Crippen molar-refractivity contribution >= 4 is 22.4 Å². The highest BCUT2D eigenvalue weighted by Gasteiger charge is 2.16. The number of hydrogen-bond acceptors (Lipinski definition) is 6. The standard InChI is InChI=1S/C18H16F2N4O3S/c1-2-9-24-15(25)8-7-12(23-24)16(26)22-18-21-13(10-28-18)11-5-3-4-6-14(11)27-17(19)20/h3-8,10,17H,2,9H2,1H3,(H,21,22,26). The van der Waals surface area contributed by atoms with Crippen LogP contribution in [0.15, 0.2) is 46.6 Å². The highest BCUT2D eigenvalue weighted by atomic mass is 32.1. The predicted octanol–water partition coefficient (Wildman–Crippen LogP) is 3.63. The number of anilines is 1. The molecular weight excluding hydrogens is 390 g/mol. The largest absolute Gasteiger partial charge is 0.434 e. The second-order valence-electron chi connectivity index (χ2n) is 5.65. The van der Waals surface area contributed by atoms with Gasteiger partial charge in [0.15, 0.2) is 5.13 Å². The first-order valence-electron chi connectivity index (χ1n) is 8.37. The summed E-state index contributed by atoms with van der Waals surface area (Å²) in [6, 6.07) is 8.88. The number of benzene rings is 1. The molecule has 0 radical (unpaired) electrons. The summed E-state index contributed by atoms with van der Waals surface area (Å²) in [6.07, 6.45) is 0.702. The van der Waals surface area contributed by atoms with Gasteiger partial charge >= 0.3 is 6.61 Å². The summed E-state index contributed by atoms with van der Waals surface area (Å²) in [5, 5.41) is 8.52. The van der Waals surface area contributed by atoms with E-state index in [1.165, 1.54) is 22.9 Å². The predicted molar refractivity (Wildman–Crippen MR) is 101 cm³/mol. The van der Waals surface area contributed by atoms with Crippen LogP contribution in [0, 0.1) is 0 Å². The van der Waals surface area contributed by atoms with Crippen molar-refractivity contribution in [1.82, 2.24) is 14.8 Å². The van der Waals surface area contributed by atoms with Gasteiger partial charge in [0.1, 0.15) is 11.4 Å². The Bertz CT molecular complexity index is 1040. The van der Waals surface area contributed by atoms with E-state index >= 15 is 0 Å². The summed E-state index contributed by atoms with van der Waals surface area (Å²) in [7, 11) is 0. The van der Waals surface area contributed by atoms with Gasteiger partial charge in [0.2, 0.25) is 0 Å². The maximum Gasteiger partial charge on any atom is 0.387 e. The van der Waals surface area contributed by atoms with Crippen LogP contribution in [-0.2, 0) is 6.54 Å². The SMILES string of the molecule is CCCn1nc(C(=O)Nc2nc(-c3ccccc3OC(F)F)cs2)ccc1=O. The fourth-order valence-corrected chi connectivity index (χ4v) is 3.14. The van der Waals surface area contributed by atoms with E-state index < -0.39 is 12.5 Å². The molecule has 0 bridgehead atoms. The molecule has 0 aliphatic rings. The number of thiazole rings is 1. The zero-order valence-corrected chi connectivity index (χ0v) is 15.6. The van der Waals surface area contributed by atoms with Crippen LogP contribution in [-0.4, -0.2) is 27.3 Å². The van der Waals surface area contributed by atoms with Crippen LogP contribution in [0.2, 0.25) is 0 Å². The average molecular weight is 406 g/mol. The second-order valence-corrected chi connectivity index (χ2v) is 6.50. The summed E-state index contributed by atoms with van der Waals surface area (Å²) < 4.78 is 30.9.